The molecule has 0 atom stereocenters. The maximum absolute atomic E-state index is 5.27. The van der Waals surface area contributed by atoms with Crippen LogP contribution in [0.4, 0.5) is 0 Å². The lowest BCUT2D eigenvalue weighted by Crippen LogP contribution is -1.88. The van der Waals surface area contributed by atoms with Crippen LogP contribution in [0.5, 0.6) is 5.75 Å². The molecular weight excluding hydrogens is 310 g/mol. The summed E-state index contributed by atoms with van der Waals surface area (Å²) < 4.78 is 7.23. The fourth-order valence-corrected chi connectivity index (χ4v) is 2.27. The van der Waals surface area contributed by atoms with Crippen molar-refractivity contribution >= 4 is 42.8 Å². The quantitative estimate of drug-likeness (QED) is 0.799. The van der Waals surface area contributed by atoms with E-state index in [1.54, 1.807) is 13.3 Å². The Hall–Kier alpha value is -0.610. The van der Waals surface area contributed by atoms with Crippen molar-refractivity contribution in [3.8, 4) is 5.75 Å². The fraction of sp³-hybridized carbons (Fsp3) is 0.100. The number of nitrogens with zero attached hydrogens (tertiary/aromatic N) is 1. The van der Waals surface area contributed by atoms with Crippen LogP contribution in [0, 0.1) is 0 Å². The lowest BCUT2D eigenvalue weighted by molar-refractivity contribution is 0.419. The minimum Gasteiger partial charge on any atom is -0.496 e. The smallest absolute Gasteiger partial charge is 0.129 e. The van der Waals surface area contributed by atoms with E-state index in [1.807, 2.05) is 18.2 Å². The summed E-state index contributed by atoms with van der Waals surface area (Å²) in [6.45, 7) is 0. The first-order valence-corrected chi connectivity index (χ1v) is 5.59. The van der Waals surface area contributed by atoms with Crippen molar-refractivity contribution in [1.82, 2.24) is 4.98 Å². The zero-order valence-electron chi connectivity index (χ0n) is 7.42. The molecule has 2 nitrogen and oxygen atoms in total. The van der Waals surface area contributed by atoms with Crippen molar-refractivity contribution in [2.45, 2.75) is 0 Å². The van der Waals surface area contributed by atoms with E-state index in [-0.39, 0.29) is 0 Å². The number of hydrogen-bond acceptors (Lipinski definition) is 2. The number of rotatable bonds is 1. The van der Waals surface area contributed by atoms with Crippen molar-refractivity contribution in [1.29, 1.82) is 0 Å². The van der Waals surface area contributed by atoms with Gasteiger partial charge in [0.05, 0.1) is 18.0 Å². The van der Waals surface area contributed by atoms with E-state index in [2.05, 4.69) is 36.8 Å². The first kappa shape index (κ1) is 9.93. The topological polar surface area (TPSA) is 22.1 Å². The Balaban J connectivity index is 2.92. The molecule has 0 amide bonds. The summed E-state index contributed by atoms with van der Waals surface area (Å²) in [7, 11) is 1.65. The summed E-state index contributed by atoms with van der Waals surface area (Å²) in [5, 5.41) is 0.990. The van der Waals surface area contributed by atoms with Gasteiger partial charge >= 0.3 is 0 Å². The van der Waals surface area contributed by atoms with Crippen molar-refractivity contribution in [3.63, 3.8) is 0 Å². The molecule has 2 aromatic rings. The summed E-state index contributed by atoms with van der Waals surface area (Å²) in [5.74, 6) is 0.822. The van der Waals surface area contributed by atoms with Gasteiger partial charge in [0.2, 0.25) is 0 Å². The molecule has 72 valence electrons. The van der Waals surface area contributed by atoms with Crippen LogP contribution >= 0.6 is 31.9 Å². The Kier molecular flexibility index (Phi) is 2.74. The molecule has 0 N–H and O–H groups in total. The van der Waals surface area contributed by atoms with E-state index in [1.165, 1.54) is 0 Å². The molecular formula is C10H7Br2NO. The highest BCUT2D eigenvalue weighted by atomic mass is 79.9. The fourth-order valence-electron chi connectivity index (χ4n) is 1.33. The standard InChI is InChI=1S/C10H7Br2NO/c1-14-8-3-2-7(12)10-9(8)6(11)4-5-13-10/h2-5H,1H3. The molecule has 0 unspecified atom stereocenters. The van der Waals surface area contributed by atoms with E-state index in [4.69, 9.17) is 4.74 Å². The second-order valence-corrected chi connectivity index (χ2v) is 4.47. The number of methoxy groups -OCH3 is 1. The largest absolute Gasteiger partial charge is 0.496 e. The van der Waals surface area contributed by atoms with Gasteiger partial charge in [-0.1, -0.05) is 0 Å². The van der Waals surface area contributed by atoms with Crippen LogP contribution in [0.1, 0.15) is 0 Å². The number of hydrogen-bond donors (Lipinski definition) is 0. The lowest BCUT2D eigenvalue weighted by atomic mass is 10.2. The minimum absolute atomic E-state index is 0.822. The summed E-state index contributed by atoms with van der Waals surface area (Å²) in [6, 6.07) is 5.75. The summed E-state index contributed by atoms with van der Waals surface area (Å²) in [5.41, 5.74) is 0.902. The zero-order chi connectivity index (χ0) is 10.1. The first-order valence-electron chi connectivity index (χ1n) is 4.00. The average molecular weight is 317 g/mol. The molecule has 1 aromatic carbocycles. The van der Waals surface area contributed by atoms with Crippen molar-refractivity contribution < 1.29 is 4.74 Å². The summed E-state index contributed by atoms with van der Waals surface area (Å²) in [6.07, 6.45) is 1.76. The molecule has 1 aromatic heterocycles. The third-order valence-electron chi connectivity index (χ3n) is 1.97. The van der Waals surface area contributed by atoms with Gasteiger partial charge in [-0.15, -0.1) is 0 Å². The number of fused-ring (bicyclic) bond motifs is 1. The second-order valence-electron chi connectivity index (χ2n) is 2.77. The van der Waals surface area contributed by atoms with Crippen LogP contribution in [-0.4, -0.2) is 12.1 Å². The number of benzene rings is 1. The lowest BCUT2D eigenvalue weighted by Gasteiger charge is -2.07. The van der Waals surface area contributed by atoms with Gasteiger partial charge in [-0.25, -0.2) is 0 Å². The molecule has 0 spiro atoms. The molecule has 2 rings (SSSR count). The van der Waals surface area contributed by atoms with Gasteiger partial charge in [-0.2, -0.15) is 0 Å². The van der Waals surface area contributed by atoms with Crippen LogP contribution in [0.15, 0.2) is 33.3 Å². The maximum atomic E-state index is 5.27. The van der Waals surface area contributed by atoms with Crippen molar-refractivity contribution in [2.75, 3.05) is 7.11 Å². The van der Waals surface area contributed by atoms with Crippen LogP contribution in [-0.2, 0) is 0 Å². The van der Waals surface area contributed by atoms with Gasteiger partial charge in [0, 0.05) is 15.1 Å². The Morgan fingerprint density at radius 3 is 2.64 bits per heavy atom. The molecule has 4 heteroatoms. The van der Waals surface area contributed by atoms with E-state index in [0.29, 0.717) is 0 Å². The van der Waals surface area contributed by atoms with E-state index in [0.717, 1.165) is 25.6 Å². The van der Waals surface area contributed by atoms with Gasteiger partial charge in [0.25, 0.3) is 0 Å². The zero-order valence-corrected chi connectivity index (χ0v) is 10.6. The molecule has 14 heavy (non-hydrogen) atoms. The van der Waals surface area contributed by atoms with Gasteiger partial charge in [0.15, 0.2) is 0 Å². The maximum Gasteiger partial charge on any atom is 0.129 e. The Morgan fingerprint density at radius 2 is 1.93 bits per heavy atom. The second kappa shape index (κ2) is 3.87. The summed E-state index contributed by atoms with van der Waals surface area (Å²) in [4.78, 5) is 4.29. The van der Waals surface area contributed by atoms with E-state index >= 15 is 0 Å². The monoisotopic (exact) mass is 315 g/mol. The SMILES string of the molecule is COc1ccc(Br)c2nccc(Br)c12. The third-order valence-corrected chi connectivity index (χ3v) is 3.27. The normalized spacial score (nSPS) is 10.5. The third kappa shape index (κ3) is 1.53. The van der Waals surface area contributed by atoms with E-state index in [9.17, 15) is 0 Å². The minimum atomic E-state index is 0.822. The molecule has 0 saturated heterocycles. The Labute approximate surface area is 98.5 Å². The van der Waals surface area contributed by atoms with Crippen LogP contribution < -0.4 is 4.74 Å². The van der Waals surface area contributed by atoms with Gasteiger partial charge in [-0.3, -0.25) is 4.98 Å². The summed E-state index contributed by atoms with van der Waals surface area (Å²) >= 11 is 6.94. The van der Waals surface area contributed by atoms with Crippen LogP contribution in [0.25, 0.3) is 10.9 Å². The van der Waals surface area contributed by atoms with Crippen LogP contribution in [0.2, 0.25) is 0 Å². The Morgan fingerprint density at radius 1 is 1.14 bits per heavy atom. The highest BCUT2D eigenvalue weighted by Gasteiger charge is 2.08. The number of pyridine rings is 1. The predicted octanol–water partition coefficient (Wildman–Crippen LogP) is 3.77. The highest BCUT2D eigenvalue weighted by molar-refractivity contribution is 9.11. The highest BCUT2D eigenvalue weighted by Crippen LogP contribution is 2.34. The van der Waals surface area contributed by atoms with Crippen LogP contribution in [0.3, 0.4) is 0 Å². The van der Waals surface area contributed by atoms with Gasteiger partial charge in [-0.05, 0) is 50.1 Å². The van der Waals surface area contributed by atoms with Crippen molar-refractivity contribution in [2.24, 2.45) is 0 Å². The molecule has 0 aliphatic carbocycles. The molecule has 0 radical (unpaired) electrons. The molecule has 0 saturated carbocycles. The average Bonchev–Trinajstić information content (AvgIpc) is 2.20. The number of aromatic nitrogens is 1. The Bertz CT molecular complexity index is 485. The molecule has 1 heterocycles. The number of halogens is 2. The predicted molar refractivity (Wildman–Crippen MR) is 63.7 cm³/mol. The first-order chi connectivity index (χ1) is 6.74. The van der Waals surface area contributed by atoms with Crippen molar-refractivity contribution in [3.05, 3.63) is 33.3 Å². The molecule has 0 aliphatic rings. The van der Waals surface area contributed by atoms with Gasteiger partial charge < -0.3 is 4.74 Å². The molecule has 0 bridgehead atoms. The van der Waals surface area contributed by atoms with E-state index < -0.39 is 0 Å². The molecule has 0 aliphatic heterocycles. The number of ether oxygens (including phenoxy) is 1. The molecule has 0 fully saturated rings. The van der Waals surface area contributed by atoms with Gasteiger partial charge in [0.1, 0.15) is 5.75 Å².